The van der Waals surface area contributed by atoms with Crippen LogP contribution in [0.15, 0.2) is 23.1 Å². The molecule has 4 nitrogen and oxygen atoms in total. The van der Waals surface area contributed by atoms with E-state index < -0.39 is 32.5 Å². The summed E-state index contributed by atoms with van der Waals surface area (Å²) in [4.78, 5) is -0.550. The Morgan fingerprint density at radius 2 is 1.86 bits per heavy atom. The Morgan fingerprint density at radius 1 is 1.29 bits per heavy atom. The molecule has 1 rings (SSSR count). The molecule has 0 aliphatic rings. The van der Waals surface area contributed by atoms with Gasteiger partial charge in [-0.3, -0.25) is 0 Å². The second-order valence-electron chi connectivity index (χ2n) is 4.18. The average Bonchev–Trinajstić information content (AvgIpc) is 2.34. The molecular weight excluding hydrogens is 336 g/mol. The van der Waals surface area contributed by atoms with Gasteiger partial charge in [0, 0.05) is 12.6 Å². The molecule has 0 saturated heterocycles. The van der Waals surface area contributed by atoms with Crippen LogP contribution in [0.2, 0.25) is 0 Å². The van der Waals surface area contributed by atoms with Crippen molar-refractivity contribution in [3.05, 3.63) is 29.6 Å². The fourth-order valence-electron chi connectivity index (χ4n) is 1.31. The largest absolute Gasteiger partial charge is 0.419 e. The van der Waals surface area contributed by atoms with Crippen LogP contribution in [0.3, 0.4) is 0 Å². The Kier molecular flexibility index (Phi) is 7.07. The lowest BCUT2D eigenvalue weighted by Gasteiger charge is -2.13. The van der Waals surface area contributed by atoms with Crippen molar-refractivity contribution in [3.8, 4) is 0 Å². The van der Waals surface area contributed by atoms with E-state index in [1.165, 1.54) is 0 Å². The van der Waals surface area contributed by atoms with Crippen molar-refractivity contribution in [2.75, 3.05) is 13.6 Å². The fourth-order valence-corrected chi connectivity index (χ4v) is 2.45. The van der Waals surface area contributed by atoms with E-state index in [0.717, 1.165) is 6.07 Å². The van der Waals surface area contributed by atoms with Crippen LogP contribution >= 0.6 is 12.4 Å². The maximum absolute atomic E-state index is 13.3. The van der Waals surface area contributed by atoms with Crippen LogP contribution in [0.5, 0.6) is 0 Å². The van der Waals surface area contributed by atoms with E-state index in [-0.39, 0.29) is 25.0 Å². The maximum Gasteiger partial charge on any atom is 0.419 e. The third-order valence-electron chi connectivity index (χ3n) is 2.63. The van der Waals surface area contributed by atoms with Crippen LogP contribution in [-0.2, 0) is 16.2 Å². The lowest BCUT2D eigenvalue weighted by molar-refractivity contribution is -0.140. The number of alkyl halides is 3. The van der Waals surface area contributed by atoms with Crippen molar-refractivity contribution in [2.45, 2.75) is 24.0 Å². The van der Waals surface area contributed by atoms with E-state index in [9.17, 15) is 26.0 Å². The molecule has 1 aromatic rings. The minimum absolute atomic E-state index is 0. The van der Waals surface area contributed by atoms with Gasteiger partial charge in [-0.2, -0.15) is 13.2 Å². The van der Waals surface area contributed by atoms with Crippen LogP contribution in [0.25, 0.3) is 0 Å². The molecule has 0 fully saturated rings. The molecule has 21 heavy (non-hydrogen) atoms. The predicted molar refractivity (Wildman–Crippen MR) is 72.4 cm³/mol. The lowest BCUT2D eigenvalue weighted by Crippen LogP contribution is -2.37. The van der Waals surface area contributed by atoms with Gasteiger partial charge >= 0.3 is 6.18 Å². The second-order valence-corrected chi connectivity index (χ2v) is 5.95. The van der Waals surface area contributed by atoms with E-state index >= 15 is 0 Å². The van der Waals surface area contributed by atoms with Crippen molar-refractivity contribution in [1.29, 1.82) is 0 Å². The first-order valence-electron chi connectivity index (χ1n) is 5.61. The van der Waals surface area contributed by atoms with Gasteiger partial charge in [-0.25, -0.2) is 17.5 Å². The van der Waals surface area contributed by atoms with Gasteiger partial charge in [0.15, 0.2) is 0 Å². The number of benzene rings is 1. The van der Waals surface area contributed by atoms with Crippen molar-refractivity contribution in [2.24, 2.45) is 0 Å². The molecule has 0 heterocycles. The van der Waals surface area contributed by atoms with Gasteiger partial charge in [-0.1, -0.05) is 0 Å². The summed E-state index contributed by atoms with van der Waals surface area (Å²) in [5, 5.41) is 2.78. The van der Waals surface area contributed by atoms with Gasteiger partial charge in [-0.15, -0.1) is 12.4 Å². The third-order valence-corrected chi connectivity index (χ3v) is 4.05. The van der Waals surface area contributed by atoms with E-state index in [2.05, 4.69) is 10.0 Å². The van der Waals surface area contributed by atoms with Gasteiger partial charge in [0.25, 0.3) is 0 Å². The Hall–Kier alpha value is -0.900. The molecule has 0 aliphatic carbocycles. The average molecular weight is 351 g/mol. The SMILES string of the molecule is CNC(C)CNS(=O)(=O)c1ccc(C(F)(F)F)c(F)c1.Cl. The van der Waals surface area contributed by atoms with E-state index in [1.807, 2.05) is 0 Å². The molecule has 0 amide bonds. The predicted octanol–water partition coefficient (Wildman–Crippen LogP) is 2.15. The summed E-state index contributed by atoms with van der Waals surface area (Å²) in [5.41, 5.74) is -1.50. The molecule has 0 aromatic heterocycles. The number of halogens is 5. The van der Waals surface area contributed by atoms with Gasteiger partial charge in [0.2, 0.25) is 10.0 Å². The molecule has 0 spiro atoms. The van der Waals surface area contributed by atoms with Crippen molar-refractivity contribution in [1.82, 2.24) is 10.0 Å². The highest BCUT2D eigenvalue weighted by molar-refractivity contribution is 7.89. The number of hydrogen-bond acceptors (Lipinski definition) is 3. The summed E-state index contributed by atoms with van der Waals surface area (Å²) >= 11 is 0. The Morgan fingerprint density at radius 3 is 2.29 bits per heavy atom. The standard InChI is InChI=1S/C11H14F4N2O2S.ClH/c1-7(16-2)6-17-20(18,19)8-3-4-9(10(12)5-8)11(13,14)15;/h3-5,7,16-17H,6H2,1-2H3;1H. The Labute approximate surface area is 126 Å². The lowest BCUT2D eigenvalue weighted by atomic mass is 10.2. The number of nitrogens with one attached hydrogen (secondary N) is 2. The summed E-state index contributed by atoms with van der Waals surface area (Å²) in [6, 6.07) is 1.31. The zero-order valence-corrected chi connectivity index (χ0v) is 12.8. The van der Waals surface area contributed by atoms with E-state index in [4.69, 9.17) is 0 Å². The van der Waals surface area contributed by atoms with Crippen molar-refractivity contribution in [3.63, 3.8) is 0 Å². The summed E-state index contributed by atoms with van der Waals surface area (Å²) in [6.45, 7) is 1.73. The first-order chi connectivity index (χ1) is 9.08. The van der Waals surface area contributed by atoms with E-state index in [1.54, 1.807) is 14.0 Å². The monoisotopic (exact) mass is 350 g/mol. The number of hydrogen-bond donors (Lipinski definition) is 2. The smallest absolute Gasteiger partial charge is 0.316 e. The van der Waals surface area contributed by atoms with E-state index in [0.29, 0.717) is 12.1 Å². The zero-order valence-electron chi connectivity index (χ0n) is 11.2. The molecule has 0 aliphatic heterocycles. The highest BCUT2D eigenvalue weighted by Gasteiger charge is 2.34. The van der Waals surface area contributed by atoms with Crippen LogP contribution in [-0.4, -0.2) is 28.1 Å². The van der Waals surface area contributed by atoms with Crippen molar-refractivity contribution >= 4 is 22.4 Å². The zero-order chi connectivity index (χ0) is 15.6. The summed E-state index contributed by atoms with van der Waals surface area (Å²) in [6.07, 6.45) is -4.86. The van der Waals surface area contributed by atoms with Gasteiger partial charge in [0.05, 0.1) is 10.5 Å². The van der Waals surface area contributed by atoms with Crippen LogP contribution < -0.4 is 10.0 Å². The minimum atomic E-state index is -4.86. The first-order valence-corrected chi connectivity index (χ1v) is 7.10. The number of rotatable bonds is 5. The summed E-state index contributed by atoms with van der Waals surface area (Å²) in [7, 11) is -2.43. The van der Waals surface area contributed by atoms with Crippen LogP contribution in [0, 0.1) is 5.82 Å². The van der Waals surface area contributed by atoms with Gasteiger partial charge in [0.1, 0.15) is 5.82 Å². The molecule has 10 heteroatoms. The molecule has 0 radical (unpaired) electrons. The summed E-state index contributed by atoms with van der Waals surface area (Å²) < 4.78 is 76.1. The quantitative estimate of drug-likeness (QED) is 0.800. The molecule has 2 N–H and O–H groups in total. The highest BCUT2D eigenvalue weighted by Crippen LogP contribution is 2.32. The van der Waals surface area contributed by atoms with Crippen LogP contribution in [0.4, 0.5) is 17.6 Å². The van der Waals surface area contributed by atoms with Crippen molar-refractivity contribution < 1.29 is 26.0 Å². The molecule has 1 aromatic carbocycles. The molecule has 1 unspecified atom stereocenters. The highest BCUT2D eigenvalue weighted by atomic mass is 35.5. The Balaban J connectivity index is 0.00000400. The number of likely N-dealkylation sites (N-methyl/N-ethyl adjacent to an activating group) is 1. The van der Waals surface area contributed by atoms with Gasteiger partial charge < -0.3 is 5.32 Å². The topological polar surface area (TPSA) is 58.2 Å². The Bertz CT molecular complexity index is 578. The summed E-state index contributed by atoms with van der Waals surface area (Å²) in [5.74, 6) is -1.62. The molecule has 1 atom stereocenters. The number of sulfonamides is 1. The molecule has 122 valence electrons. The molecule has 0 saturated carbocycles. The third kappa shape index (κ3) is 5.42. The van der Waals surface area contributed by atoms with Gasteiger partial charge in [-0.05, 0) is 32.2 Å². The normalized spacial score (nSPS) is 13.6. The maximum atomic E-state index is 13.3. The van der Waals surface area contributed by atoms with Crippen LogP contribution in [0.1, 0.15) is 12.5 Å². The second kappa shape index (κ2) is 7.39. The fraction of sp³-hybridized carbons (Fsp3) is 0.455. The molecule has 0 bridgehead atoms. The first kappa shape index (κ1) is 20.1. The minimum Gasteiger partial charge on any atom is -0.316 e. The molecular formula is C11H15ClF4N2O2S.